The van der Waals surface area contributed by atoms with Crippen molar-refractivity contribution in [1.82, 2.24) is 10.3 Å². The fourth-order valence-electron chi connectivity index (χ4n) is 1.05. The largest absolute Gasteiger partial charge is 0.478 e. The zero-order chi connectivity index (χ0) is 12.0. The molecule has 2 N–H and O–H groups in total. The van der Waals surface area contributed by atoms with E-state index < -0.39 is 5.97 Å². The van der Waals surface area contributed by atoms with Crippen LogP contribution in [0.15, 0.2) is 23.4 Å². The third-order valence-corrected chi connectivity index (χ3v) is 2.72. The van der Waals surface area contributed by atoms with Gasteiger partial charge in [-0.1, -0.05) is 11.8 Å². The quantitative estimate of drug-likeness (QED) is 0.751. The highest BCUT2D eigenvalue weighted by Crippen LogP contribution is 2.19. The maximum absolute atomic E-state index is 11.2. The molecule has 0 fully saturated rings. The number of nitrogens with zero attached hydrogens (tertiary/aromatic N) is 1. The Labute approximate surface area is 97.3 Å². The first kappa shape index (κ1) is 12.5. The molecule has 5 nitrogen and oxygen atoms in total. The fourth-order valence-corrected chi connectivity index (χ4v) is 1.87. The number of aromatic carboxylic acids is 1. The van der Waals surface area contributed by atoms with Crippen molar-refractivity contribution >= 4 is 23.6 Å². The highest BCUT2D eigenvalue weighted by Gasteiger charge is 2.12. The van der Waals surface area contributed by atoms with Crippen LogP contribution in [0.4, 0.5) is 0 Å². The number of carboxylic acid groups (broad SMARTS) is 1. The van der Waals surface area contributed by atoms with Gasteiger partial charge < -0.3 is 10.4 Å². The number of thioether (sulfide) groups is 1. The molecule has 1 amide bonds. The number of nitrogens with one attached hydrogen (secondary N) is 1. The van der Waals surface area contributed by atoms with Crippen molar-refractivity contribution in [1.29, 1.82) is 0 Å². The Bertz CT molecular complexity index is 395. The molecule has 0 aliphatic rings. The van der Waals surface area contributed by atoms with Crippen molar-refractivity contribution < 1.29 is 14.7 Å². The molecule has 0 bridgehead atoms. The van der Waals surface area contributed by atoms with Gasteiger partial charge in [0.1, 0.15) is 5.03 Å². The average molecular weight is 240 g/mol. The van der Waals surface area contributed by atoms with Crippen LogP contribution >= 0.6 is 11.8 Å². The summed E-state index contributed by atoms with van der Waals surface area (Å²) in [6, 6.07) is 3.02. The number of carbonyl (C=O) groups excluding carboxylic acids is 1. The Hall–Kier alpha value is -1.56. The number of aromatic nitrogens is 1. The molecule has 1 rings (SSSR count). The van der Waals surface area contributed by atoms with Crippen LogP contribution in [0.25, 0.3) is 0 Å². The minimum absolute atomic E-state index is 0.122. The molecule has 0 atom stereocenters. The van der Waals surface area contributed by atoms with Gasteiger partial charge >= 0.3 is 5.97 Å². The van der Waals surface area contributed by atoms with Crippen LogP contribution in [-0.2, 0) is 4.79 Å². The molecule has 1 aromatic heterocycles. The lowest BCUT2D eigenvalue weighted by Crippen LogP contribution is -2.24. The number of carbonyl (C=O) groups is 2. The Morgan fingerprint density at radius 1 is 1.56 bits per heavy atom. The number of rotatable bonds is 5. The van der Waals surface area contributed by atoms with Gasteiger partial charge in [0, 0.05) is 12.7 Å². The SMILES string of the molecule is CCNC(=O)CSc1ncccc1C(=O)O. The Kier molecular flexibility index (Phi) is 4.78. The zero-order valence-electron chi connectivity index (χ0n) is 8.77. The van der Waals surface area contributed by atoms with Crippen LogP contribution in [0.1, 0.15) is 17.3 Å². The molecule has 0 spiro atoms. The average Bonchev–Trinajstić information content (AvgIpc) is 2.27. The Morgan fingerprint density at radius 3 is 2.94 bits per heavy atom. The van der Waals surface area contributed by atoms with Crippen molar-refractivity contribution in [2.75, 3.05) is 12.3 Å². The van der Waals surface area contributed by atoms with Crippen LogP contribution in [-0.4, -0.2) is 34.3 Å². The van der Waals surface area contributed by atoms with E-state index in [0.717, 1.165) is 11.8 Å². The number of hydrogen-bond acceptors (Lipinski definition) is 4. The van der Waals surface area contributed by atoms with Crippen molar-refractivity contribution in [3.05, 3.63) is 23.9 Å². The number of pyridine rings is 1. The molecular weight excluding hydrogens is 228 g/mol. The van der Waals surface area contributed by atoms with E-state index >= 15 is 0 Å². The second kappa shape index (κ2) is 6.12. The fraction of sp³-hybridized carbons (Fsp3) is 0.300. The molecule has 0 unspecified atom stereocenters. The molecule has 16 heavy (non-hydrogen) atoms. The van der Waals surface area contributed by atoms with Crippen LogP contribution in [0.3, 0.4) is 0 Å². The smallest absolute Gasteiger partial charge is 0.338 e. The van der Waals surface area contributed by atoms with Gasteiger partial charge in [-0.2, -0.15) is 0 Å². The molecule has 0 aliphatic carbocycles. The normalized spacial score (nSPS) is 9.81. The van der Waals surface area contributed by atoms with Gasteiger partial charge in [-0.05, 0) is 19.1 Å². The maximum atomic E-state index is 11.2. The first-order valence-corrected chi connectivity index (χ1v) is 5.71. The summed E-state index contributed by atoms with van der Waals surface area (Å²) in [5.74, 6) is -0.994. The monoisotopic (exact) mass is 240 g/mol. The van der Waals surface area contributed by atoms with E-state index in [9.17, 15) is 9.59 Å². The van der Waals surface area contributed by atoms with Gasteiger partial charge in [0.05, 0.1) is 11.3 Å². The molecule has 0 radical (unpaired) electrons. The summed E-state index contributed by atoms with van der Waals surface area (Å²) in [6.07, 6.45) is 1.51. The molecule has 1 aromatic rings. The summed E-state index contributed by atoms with van der Waals surface area (Å²) < 4.78 is 0. The summed E-state index contributed by atoms with van der Waals surface area (Å²) in [5.41, 5.74) is 0.122. The van der Waals surface area contributed by atoms with Gasteiger partial charge in [-0.25, -0.2) is 9.78 Å². The maximum Gasteiger partial charge on any atom is 0.338 e. The third-order valence-electron chi connectivity index (χ3n) is 1.72. The van der Waals surface area contributed by atoms with Gasteiger partial charge in [0.15, 0.2) is 0 Å². The standard InChI is InChI=1S/C10H12N2O3S/c1-2-11-8(13)6-16-9-7(10(14)15)4-3-5-12-9/h3-5H,2,6H2,1H3,(H,11,13)(H,14,15). The summed E-state index contributed by atoms with van der Waals surface area (Å²) in [5, 5.41) is 11.9. The second-order valence-corrected chi connectivity index (χ2v) is 3.87. The molecule has 0 aromatic carbocycles. The lowest BCUT2D eigenvalue weighted by atomic mass is 10.3. The highest BCUT2D eigenvalue weighted by molar-refractivity contribution is 8.00. The molecule has 0 saturated heterocycles. The van der Waals surface area contributed by atoms with Crippen molar-refractivity contribution in [3.8, 4) is 0 Å². The molecule has 6 heteroatoms. The van der Waals surface area contributed by atoms with Crippen molar-refractivity contribution in [3.63, 3.8) is 0 Å². The van der Waals surface area contributed by atoms with E-state index in [1.54, 1.807) is 6.07 Å². The van der Waals surface area contributed by atoms with Crippen LogP contribution in [0.5, 0.6) is 0 Å². The summed E-state index contributed by atoms with van der Waals surface area (Å²) in [4.78, 5) is 26.0. The predicted molar refractivity (Wildman–Crippen MR) is 60.6 cm³/mol. The van der Waals surface area contributed by atoms with Gasteiger partial charge in [0.25, 0.3) is 0 Å². The predicted octanol–water partition coefficient (Wildman–Crippen LogP) is 1.01. The lowest BCUT2D eigenvalue weighted by molar-refractivity contribution is -0.118. The van der Waals surface area contributed by atoms with E-state index in [1.807, 2.05) is 6.92 Å². The van der Waals surface area contributed by atoms with Crippen LogP contribution < -0.4 is 5.32 Å². The van der Waals surface area contributed by atoms with E-state index in [0.29, 0.717) is 11.6 Å². The number of amides is 1. The van der Waals surface area contributed by atoms with Crippen LogP contribution in [0.2, 0.25) is 0 Å². The number of hydrogen-bond donors (Lipinski definition) is 2. The van der Waals surface area contributed by atoms with E-state index in [1.165, 1.54) is 12.3 Å². The van der Waals surface area contributed by atoms with Crippen LogP contribution in [0, 0.1) is 0 Å². The first-order valence-electron chi connectivity index (χ1n) is 4.73. The van der Waals surface area contributed by atoms with Gasteiger partial charge in [-0.3, -0.25) is 4.79 Å². The molecule has 1 heterocycles. The second-order valence-electron chi connectivity index (χ2n) is 2.90. The zero-order valence-corrected chi connectivity index (χ0v) is 9.58. The third kappa shape index (κ3) is 3.54. The minimum atomic E-state index is -1.04. The minimum Gasteiger partial charge on any atom is -0.478 e. The Balaban J connectivity index is 2.66. The number of carboxylic acids is 1. The van der Waals surface area contributed by atoms with E-state index in [2.05, 4.69) is 10.3 Å². The molecule has 0 aliphatic heterocycles. The summed E-state index contributed by atoms with van der Waals surface area (Å²) in [7, 11) is 0. The van der Waals surface area contributed by atoms with Crippen molar-refractivity contribution in [2.24, 2.45) is 0 Å². The Morgan fingerprint density at radius 2 is 2.31 bits per heavy atom. The summed E-state index contributed by atoms with van der Waals surface area (Å²) >= 11 is 1.12. The highest BCUT2D eigenvalue weighted by atomic mass is 32.2. The molecule has 86 valence electrons. The topological polar surface area (TPSA) is 79.3 Å². The molecular formula is C10H12N2O3S. The lowest BCUT2D eigenvalue weighted by Gasteiger charge is -2.04. The van der Waals surface area contributed by atoms with E-state index in [4.69, 9.17) is 5.11 Å². The van der Waals surface area contributed by atoms with Crippen molar-refractivity contribution in [2.45, 2.75) is 11.9 Å². The molecule has 0 saturated carbocycles. The van der Waals surface area contributed by atoms with Gasteiger partial charge in [0.2, 0.25) is 5.91 Å². The first-order chi connectivity index (χ1) is 7.65. The summed E-state index contributed by atoms with van der Waals surface area (Å²) in [6.45, 7) is 2.39. The van der Waals surface area contributed by atoms with Gasteiger partial charge in [-0.15, -0.1) is 0 Å². The van der Waals surface area contributed by atoms with E-state index in [-0.39, 0.29) is 17.2 Å².